The smallest absolute Gasteiger partial charge is 0.226 e. The molecule has 0 spiro atoms. The van der Waals surface area contributed by atoms with Crippen LogP contribution < -0.4 is 5.32 Å². The fourth-order valence-electron chi connectivity index (χ4n) is 4.32. The molecule has 1 aliphatic heterocycles. The minimum absolute atomic E-state index is 0.133. The Balaban J connectivity index is 1.64. The Bertz CT molecular complexity index is 664. The first-order valence-electron chi connectivity index (χ1n) is 9.62. The van der Waals surface area contributed by atoms with Crippen molar-refractivity contribution in [1.29, 1.82) is 0 Å². The number of benzene rings is 1. The molecule has 3 atom stereocenters. The van der Waals surface area contributed by atoms with Crippen LogP contribution in [0.5, 0.6) is 0 Å². The van der Waals surface area contributed by atoms with Crippen LogP contribution in [0.15, 0.2) is 30.3 Å². The maximum atomic E-state index is 13.1. The topological polar surface area (TPSA) is 110 Å². The summed E-state index contributed by atoms with van der Waals surface area (Å²) in [5.74, 6) is -3.50. The fourth-order valence-corrected chi connectivity index (χ4v) is 4.32. The second-order valence-corrected chi connectivity index (χ2v) is 7.57. The Morgan fingerprint density at radius 2 is 1.78 bits per heavy atom. The van der Waals surface area contributed by atoms with Gasteiger partial charge in [-0.15, -0.1) is 0 Å². The number of likely N-dealkylation sites (tertiary alicyclic amines) is 1. The van der Waals surface area contributed by atoms with Gasteiger partial charge in [-0.2, -0.15) is 0 Å². The number of hydrogen-bond acceptors (Lipinski definition) is 5. The van der Waals surface area contributed by atoms with Crippen LogP contribution in [0.1, 0.15) is 37.7 Å². The van der Waals surface area contributed by atoms with E-state index in [1.165, 1.54) is 4.90 Å². The molecule has 3 rings (SSSR count). The molecule has 27 heavy (non-hydrogen) atoms. The quantitative estimate of drug-likeness (QED) is 0.537. The molecule has 2 aliphatic rings. The Morgan fingerprint density at radius 1 is 1.07 bits per heavy atom. The van der Waals surface area contributed by atoms with Crippen molar-refractivity contribution >= 4 is 11.8 Å². The van der Waals surface area contributed by atoms with Gasteiger partial charge in [-0.3, -0.25) is 9.59 Å². The van der Waals surface area contributed by atoms with E-state index in [4.69, 9.17) is 0 Å². The summed E-state index contributed by atoms with van der Waals surface area (Å²) in [6, 6.07) is 8.77. The van der Waals surface area contributed by atoms with Gasteiger partial charge >= 0.3 is 0 Å². The molecule has 1 aromatic rings. The van der Waals surface area contributed by atoms with E-state index in [-0.39, 0.29) is 11.8 Å². The molecule has 1 saturated heterocycles. The van der Waals surface area contributed by atoms with Crippen LogP contribution in [0.2, 0.25) is 0 Å². The van der Waals surface area contributed by atoms with E-state index in [2.05, 4.69) is 5.32 Å². The number of amides is 2. The maximum absolute atomic E-state index is 13.1. The summed E-state index contributed by atoms with van der Waals surface area (Å²) in [7, 11) is 0. The second kappa shape index (κ2) is 8.37. The largest absolute Gasteiger partial charge is 0.391 e. The number of aliphatic hydroxyl groups is 3. The molecule has 2 amide bonds. The summed E-state index contributed by atoms with van der Waals surface area (Å²) < 4.78 is 0. The molecule has 1 saturated carbocycles. The zero-order valence-electron chi connectivity index (χ0n) is 15.4. The van der Waals surface area contributed by atoms with Crippen molar-refractivity contribution in [3.8, 4) is 0 Å². The molecule has 0 aromatic heterocycles. The van der Waals surface area contributed by atoms with Gasteiger partial charge in [0.2, 0.25) is 17.6 Å². The van der Waals surface area contributed by atoms with E-state index < -0.39 is 30.3 Å². The lowest BCUT2D eigenvalue weighted by Gasteiger charge is -2.35. The molecule has 0 radical (unpaired) electrons. The van der Waals surface area contributed by atoms with E-state index >= 15 is 0 Å². The van der Waals surface area contributed by atoms with Crippen molar-refractivity contribution in [2.24, 2.45) is 11.8 Å². The lowest BCUT2D eigenvalue weighted by molar-refractivity contribution is -0.222. The van der Waals surface area contributed by atoms with Gasteiger partial charge in [0, 0.05) is 24.9 Å². The summed E-state index contributed by atoms with van der Waals surface area (Å²) in [5, 5.41) is 32.2. The molecular formula is C20H28N2O5. The minimum atomic E-state index is -2.31. The summed E-state index contributed by atoms with van der Waals surface area (Å²) >= 11 is 0. The average molecular weight is 376 g/mol. The molecule has 1 aromatic carbocycles. The third-order valence-corrected chi connectivity index (χ3v) is 5.78. The molecule has 0 bridgehead atoms. The first kappa shape index (κ1) is 19.8. The van der Waals surface area contributed by atoms with Gasteiger partial charge in [0.15, 0.2) is 0 Å². The highest BCUT2D eigenvalue weighted by Gasteiger charge is 2.47. The average Bonchev–Trinajstić information content (AvgIpc) is 3.36. The van der Waals surface area contributed by atoms with Gasteiger partial charge in [0.05, 0.1) is 12.6 Å². The van der Waals surface area contributed by atoms with Crippen LogP contribution >= 0.6 is 0 Å². The zero-order chi connectivity index (χ0) is 19.4. The lowest BCUT2D eigenvalue weighted by atomic mass is 9.92. The standard InChI is InChI=1S/C20H28N2O5/c23-13-20(26,27)17-10-5-11-22(17)19(25)16-9-4-8-15(16)18(24)21-12-14-6-2-1-3-7-14/h1-3,6-7,15-17,23,26-27H,4-5,8-13H2,(H,21,24)/t15?,16-,17+/m1/s1. The Hall–Kier alpha value is -1.96. The van der Waals surface area contributed by atoms with E-state index in [1.807, 2.05) is 30.3 Å². The normalized spacial score (nSPS) is 25.6. The number of aliphatic hydroxyl groups excluding tert-OH is 1. The van der Waals surface area contributed by atoms with E-state index in [0.717, 1.165) is 12.0 Å². The minimum Gasteiger partial charge on any atom is -0.391 e. The highest BCUT2D eigenvalue weighted by Crippen LogP contribution is 2.36. The molecule has 1 heterocycles. The van der Waals surface area contributed by atoms with Crippen LogP contribution in [0, 0.1) is 11.8 Å². The van der Waals surface area contributed by atoms with Crippen LogP contribution in [-0.4, -0.2) is 57.0 Å². The van der Waals surface area contributed by atoms with Gasteiger partial charge < -0.3 is 25.5 Å². The third-order valence-electron chi connectivity index (χ3n) is 5.78. The van der Waals surface area contributed by atoms with Gasteiger partial charge in [0.1, 0.15) is 0 Å². The number of carbonyl (C=O) groups excluding carboxylic acids is 2. The van der Waals surface area contributed by atoms with Crippen molar-refractivity contribution in [1.82, 2.24) is 10.2 Å². The Kier molecular flexibility index (Phi) is 6.14. The van der Waals surface area contributed by atoms with Gasteiger partial charge in [-0.1, -0.05) is 36.8 Å². The molecule has 2 fully saturated rings. The van der Waals surface area contributed by atoms with Crippen molar-refractivity contribution in [3.63, 3.8) is 0 Å². The van der Waals surface area contributed by atoms with Gasteiger partial charge in [-0.05, 0) is 31.2 Å². The Morgan fingerprint density at radius 3 is 2.48 bits per heavy atom. The lowest BCUT2D eigenvalue weighted by Crippen LogP contribution is -2.55. The number of carbonyl (C=O) groups is 2. The van der Waals surface area contributed by atoms with Crippen molar-refractivity contribution in [2.75, 3.05) is 13.2 Å². The second-order valence-electron chi connectivity index (χ2n) is 7.57. The molecule has 7 heteroatoms. The van der Waals surface area contributed by atoms with Crippen LogP contribution in [0.25, 0.3) is 0 Å². The van der Waals surface area contributed by atoms with Crippen LogP contribution in [0.4, 0.5) is 0 Å². The van der Waals surface area contributed by atoms with Crippen molar-refractivity contribution < 1.29 is 24.9 Å². The molecule has 148 valence electrons. The number of nitrogens with one attached hydrogen (secondary N) is 1. The number of rotatable bonds is 6. The summed E-state index contributed by atoms with van der Waals surface area (Å²) in [4.78, 5) is 27.2. The first-order chi connectivity index (χ1) is 12.9. The van der Waals surface area contributed by atoms with Gasteiger partial charge in [0.25, 0.3) is 0 Å². The highest BCUT2D eigenvalue weighted by atomic mass is 16.5. The first-order valence-corrected chi connectivity index (χ1v) is 9.62. The molecule has 4 N–H and O–H groups in total. The summed E-state index contributed by atoms with van der Waals surface area (Å²) in [5.41, 5.74) is 1.000. The van der Waals surface area contributed by atoms with Crippen LogP contribution in [0.3, 0.4) is 0 Å². The zero-order valence-corrected chi connectivity index (χ0v) is 15.4. The molecule has 1 aliphatic carbocycles. The molecule has 1 unspecified atom stereocenters. The van der Waals surface area contributed by atoms with Crippen LogP contribution in [-0.2, 0) is 16.1 Å². The number of hydrogen-bond donors (Lipinski definition) is 4. The van der Waals surface area contributed by atoms with Crippen molar-refractivity contribution in [2.45, 2.75) is 50.5 Å². The summed E-state index contributed by atoms with van der Waals surface area (Å²) in [6.45, 7) is 0.0126. The van der Waals surface area contributed by atoms with Crippen molar-refractivity contribution in [3.05, 3.63) is 35.9 Å². The van der Waals surface area contributed by atoms with E-state index in [1.54, 1.807) is 0 Å². The molecular weight excluding hydrogens is 348 g/mol. The fraction of sp³-hybridized carbons (Fsp3) is 0.600. The monoisotopic (exact) mass is 376 g/mol. The summed E-state index contributed by atoms with van der Waals surface area (Å²) in [6.07, 6.45) is 3.14. The maximum Gasteiger partial charge on any atom is 0.226 e. The predicted octanol–water partition coefficient (Wildman–Crippen LogP) is 0.383. The van der Waals surface area contributed by atoms with E-state index in [9.17, 15) is 24.9 Å². The Labute approximate surface area is 159 Å². The third kappa shape index (κ3) is 4.31. The van der Waals surface area contributed by atoms with Gasteiger partial charge in [-0.25, -0.2) is 0 Å². The predicted molar refractivity (Wildman–Crippen MR) is 98.1 cm³/mol. The number of nitrogens with zero attached hydrogens (tertiary/aromatic N) is 1. The SMILES string of the molecule is O=C(NCc1ccccc1)C1CCC[C@H]1C(=O)N1CCC[C@H]1C(O)(O)CO. The van der Waals surface area contributed by atoms with E-state index in [0.29, 0.717) is 38.8 Å². The highest BCUT2D eigenvalue weighted by molar-refractivity contribution is 5.88. The molecule has 7 nitrogen and oxygen atoms in total.